The molecule has 1 aromatic heterocycles. The van der Waals surface area contributed by atoms with E-state index >= 15 is 0 Å². The topological polar surface area (TPSA) is 9.23 Å². The van der Waals surface area contributed by atoms with Crippen LogP contribution in [0, 0.1) is 13.8 Å². The van der Waals surface area contributed by atoms with Gasteiger partial charge in [-0.25, -0.2) is 0 Å². The molecule has 0 amide bonds. The summed E-state index contributed by atoms with van der Waals surface area (Å²) in [7, 11) is 0. The van der Waals surface area contributed by atoms with Gasteiger partial charge in [0.2, 0.25) is 0 Å². The van der Waals surface area contributed by atoms with Crippen molar-refractivity contribution < 1.29 is 13.5 Å². The Hall–Kier alpha value is -1.94. The first-order valence-electron chi connectivity index (χ1n) is 7.80. The lowest BCUT2D eigenvalue weighted by molar-refractivity contribution is -0.0943. The molecular formula is C20H22F2OS. The minimum absolute atomic E-state index is 0.218. The van der Waals surface area contributed by atoms with Gasteiger partial charge in [-0.05, 0) is 56.0 Å². The number of hydrogen-bond donors (Lipinski definition) is 0. The number of rotatable bonds is 7. The average Bonchev–Trinajstić information content (AvgIpc) is 2.84. The Balaban J connectivity index is 2.30. The van der Waals surface area contributed by atoms with Crippen molar-refractivity contribution in [2.45, 2.75) is 40.2 Å². The Morgan fingerprint density at radius 1 is 1.25 bits per heavy atom. The smallest absolute Gasteiger partial charge is 0.387 e. The van der Waals surface area contributed by atoms with Crippen LogP contribution in [0.25, 0.3) is 6.08 Å². The zero-order valence-electron chi connectivity index (χ0n) is 14.2. The zero-order chi connectivity index (χ0) is 17.7. The van der Waals surface area contributed by atoms with E-state index in [2.05, 4.69) is 49.4 Å². The van der Waals surface area contributed by atoms with Crippen LogP contribution in [-0.2, 0) is 17.6 Å². The van der Waals surface area contributed by atoms with Gasteiger partial charge in [0.05, 0.1) is 0 Å². The third-order valence-corrected chi connectivity index (χ3v) is 4.86. The van der Waals surface area contributed by atoms with E-state index in [1.807, 2.05) is 6.08 Å². The van der Waals surface area contributed by atoms with Crippen LogP contribution < -0.4 is 0 Å². The Morgan fingerprint density at radius 3 is 2.67 bits per heavy atom. The molecule has 1 nitrogen and oxygen atoms in total. The summed E-state index contributed by atoms with van der Waals surface area (Å²) in [6, 6.07) is 8.57. The molecule has 0 saturated carbocycles. The number of hydrogen-bond acceptors (Lipinski definition) is 2. The molecule has 0 N–H and O–H groups in total. The monoisotopic (exact) mass is 348 g/mol. The molecule has 0 saturated heterocycles. The van der Waals surface area contributed by atoms with Crippen molar-refractivity contribution in [2.24, 2.45) is 0 Å². The van der Waals surface area contributed by atoms with Crippen LogP contribution in [0.3, 0.4) is 0 Å². The van der Waals surface area contributed by atoms with Crippen molar-refractivity contribution in [1.29, 1.82) is 0 Å². The summed E-state index contributed by atoms with van der Waals surface area (Å²) in [5.41, 5.74) is 4.87. The molecule has 0 unspecified atom stereocenters. The molecule has 0 spiro atoms. The van der Waals surface area contributed by atoms with Gasteiger partial charge in [0.25, 0.3) is 0 Å². The van der Waals surface area contributed by atoms with Gasteiger partial charge in [0, 0.05) is 16.2 Å². The van der Waals surface area contributed by atoms with Crippen molar-refractivity contribution >= 4 is 17.4 Å². The summed E-state index contributed by atoms with van der Waals surface area (Å²) < 4.78 is 29.1. The van der Waals surface area contributed by atoms with Crippen molar-refractivity contribution in [3.63, 3.8) is 0 Å². The van der Waals surface area contributed by atoms with Gasteiger partial charge in [0.1, 0.15) is 5.76 Å². The Morgan fingerprint density at radius 2 is 2.00 bits per heavy atom. The summed E-state index contributed by atoms with van der Waals surface area (Å²) >= 11 is 1.62. The molecule has 0 aliphatic heterocycles. The van der Waals surface area contributed by atoms with Gasteiger partial charge in [-0.3, -0.25) is 0 Å². The highest BCUT2D eigenvalue weighted by atomic mass is 32.1. The standard InChI is InChI=1S/C20H22F2OS/c1-5-6-16-11-18(12-17-9-13(2)7-8-14(17)3)24-19(16)10-15(4)23-20(21)22/h5,7-11,20H,1,6,12H2,2-4H3/b15-10+. The quantitative estimate of drug-likeness (QED) is 0.422. The van der Waals surface area contributed by atoms with E-state index in [0.29, 0.717) is 6.42 Å². The van der Waals surface area contributed by atoms with Crippen LogP contribution in [0.1, 0.15) is 38.9 Å². The third-order valence-electron chi connectivity index (χ3n) is 3.74. The molecule has 128 valence electrons. The molecule has 1 aromatic carbocycles. The van der Waals surface area contributed by atoms with Crippen LogP contribution in [0.4, 0.5) is 8.78 Å². The fourth-order valence-electron chi connectivity index (χ4n) is 2.56. The van der Waals surface area contributed by atoms with Crippen molar-refractivity contribution in [3.05, 3.63) is 74.7 Å². The number of aryl methyl sites for hydroxylation is 2. The second-order valence-electron chi connectivity index (χ2n) is 5.84. The van der Waals surface area contributed by atoms with Crippen LogP contribution in [0.15, 0.2) is 42.7 Å². The van der Waals surface area contributed by atoms with Crippen LogP contribution in [0.5, 0.6) is 0 Å². The lowest BCUT2D eigenvalue weighted by Crippen LogP contribution is -1.95. The van der Waals surface area contributed by atoms with E-state index in [4.69, 9.17) is 0 Å². The first kappa shape index (κ1) is 18.4. The second-order valence-corrected chi connectivity index (χ2v) is 7.00. The van der Waals surface area contributed by atoms with Gasteiger partial charge < -0.3 is 4.74 Å². The summed E-state index contributed by atoms with van der Waals surface area (Å²) in [4.78, 5) is 2.16. The third kappa shape index (κ3) is 5.03. The summed E-state index contributed by atoms with van der Waals surface area (Å²) in [6.07, 6.45) is 5.05. The van der Waals surface area contributed by atoms with E-state index in [-0.39, 0.29) is 5.76 Å². The fraction of sp³-hybridized carbons (Fsp3) is 0.300. The lowest BCUT2D eigenvalue weighted by Gasteiger charge is -2.05. The molecule has 2 aromatic rings. The highest BCUT2D eigenvalue weighted by molar-refractivity contribution is 7.13. The number of halogens is 2. The maximum atomic E-state index is 12.3. The summed E-state index contributed by atoms with van der Waals surface area (Å²) in [5.74, 6) is 0.218. The predicted molar refractivity (Wildman–Crippen MR) is 97.7 cm³/mol. The van der Waals surface area contributed by atoms with Crippen LogP contribution >= 0.6 is 11.3 Å². The van der Waals surface area contributed by atoms with Crippen molar-refractivity contribution in [3.8, 4) is 0 Å². The maximum Gasteiger partial charge on any atom is 0.387 e. The zero-order valence-corrected chi connectivity index (χ0v) is 15.1. The van der Waals surface area contributed by atoms with E-state index in [9.17, 15) is 8.78 Å². The molecule has 0 atom stereocenters. The van der Waals surface area contributed by atoms with Gasteiger partial charge >= 0.3 is 6.61 Å². The Labute approximate surface area is 146 Å². The minimum atomic E-state index is -2.79. The Bertz CT molecular complexity index is 744. The summed E-state index contributed by atoms with van der Waals surface area (Å²) in [6.45, 7) is 6.72. The van der Waals surface area contributed by atoms with Gasteiger partial charge in [-0.1, -0.05) is 29.8 Å². The molecule has 0 radical (unpaired) electrons. The van der Waals surface area contributed by atoms with Crippen molar-refractivity contribution in [2.75, 3.05) is 0 Å². The number of benzene rings is 1. The molecule has 0 aliphatic rings. The normalized spacial score (nSPS) is 11.8. The SMILES string of the molecule is C=CCc1cc(Cc2cc(C)ccc2C)sc1/C=C(\C)OC(F)F. The molecule has 0 fully saturated rings. The van der Waals surface area contributed by atoms with E-state index in [1.165, 1.54) is 21.6 Å². The first-order valence-corrected chi connectivity index (χ1v) is 8.62. The number of ether oxygens (including phenoxy) is 1. The average molecular weight is 348 g/mol. The minimum Gasteiger partial charge on any atom is -0.440 e. The van der Waals surface area contributed by atoms with Gasteiger partial charge in [-0.15, -0.1) is 17.9 Å². The molecule has 1 heterocycles. The van der Waals surface area contributed by atoms with E-state index in [1.54, 1.807) is 24.3 Å². The number of allylic oxidation sites excluding steroid dienone is 2. The predicted octanol–water partition coefficient (Wildman–Crippen LogP) is 6.28. The molecule has 2 rings (SSSR count). The Kier molecular flexibility index (Phi) is 6.32. The molecule has 0 aliphatic carbocycles. The van der Waals surface area contributed by atoms with E-state index < -0.39 is 6.61 Å². The van der Waals surface area contributed by atoms with Crippen LogP contribution in [0.2, 0.25) is 0 Å². The largest absolute Gasteiger partial charge is 0.440 e. The molecular weight excluding hydrogens is 326 g/mol. The highest BCUT2D eigenvalue weighted by Crippen LogP contribution is 2.29. The summed E-state index contributed by atoms with van der Waals surface area (Å²) in [5, 5.41) is 0. The fourth-order valence-corrected chi connectivity index (χ4v) is 3.77. The lowest BCUT2D eigenvalue weighted by atomic mass is 10.0. The van der Waals surface area contributed by atoms with Gasteiger partial charge in [0.15, 0.2) is 0 Å². The van der Waals surface area contributed by atoms with E-state index in [0.717, 1.165) is 16.9 Å². The second kappa shape index (κ2) is 8.25. The van der Waals surface area contributed by atoms with Gasteiger partial charge in [-0.2, -0.15) is 8.78 Å². The number of alkyl halides is 2. The molecule has 0 bridgehead atoms. The molecule has 24 heavy (non-hydrogen) atoms. The maximum absolute atomic E-state index is 12.3. The van der Waals surface area contributed by atoms with Crippen LogP contribution in [-0.4, -0.2) is 6.61 Å². The van der Waals surface area contributed by atoms with Crippen molar-refractivity contribution in [1.82, 2.24) is 0 Å². The molecule has 4 heteroatoms. The first-order chi connectivity index (χ1) is 11.4. The highest BCUT2D eigenvalue weighted by Gasteiger charge is 2.10. The number of thiophene rings is 1.